The highest BCUT2D eigenvalue weighted by Gasteiger charge is 2.63. The first kappa shape index (κ1) is 11.8. The Labute approximate surface area is 81.1 Å². The molecule has 1 aliphatic rings. The van der Waals surface area contributed by atoms with Crippen molar-refractivity contribution in [1.82, 2.24) is 0 Å². The molecule has 0 aromatic rings. The minimum absolute atomic E-state index is 0.00562. The van der Waals surface area contributed by atoms with Gasteiger partial charge in [-0.2, -0.15) is 13.2 Å². The van der Waals surface area contributed by atoms with Gasteiger partial charge in [0.2, 0.25) is 0 Å². The molecule has 0 heterocycles. The van der Waals surface area contributed by atoms with Crippen LogP contribution in [0.1, 0.15) is 26.2 Å². The van der Waals surface area contributed by atoms with Crippen LogP contribution in [0.4, 0.5) is 13.2 Å². The SMILES string of the molecule is CCOCC(O)CC1(C(F)(F)F)CC1. The van der Waals surface area contributed by atoms with Crippen LogP contribution >= 0.6 is 0 Å². The lowest BCUT2D eigenvalue weighted by Gasteiger charge is -2.21. The molecule has 0 aromatic heterocycles. The maximum Gasteiger partial charge on any atom is 0.394 e. The van der Waals surface area contributed by atoms with E-state index in [1.807, 2.05) is 0 Å². The molecule has 2 nitrogen and oxygen atoms in total. The molecule has 1 rings (SSSR count). The first-order chi connectivity index (χ1) is 6.41. The van der Waals surface area contributed by atoms with Crippen LogP contribution in [0.3, 0.4) is 0 Å². The van der Waals surface area contributed by atoms with Crippen molar-refractivity contribution in [3.05, 3.63) is 0 Å². The normalized spacial score (nSPS) is 22.1. The molecule has 1 N–H and O–H groups in total. The van der Waals surface area contributed by atoms with Crippen molar-refractivity contribution >= 4 is 0 Å². The lowest BCUT2D eigenvalue weighted by molar-refractivity contribution is -0.196. The molecule has 0 amide bonds. The number of hydrogen-bond donors (Lipinski definition) is 1. The van der Waals surface area contributed by atoms with Gasteiger partial charge in [-0.25, -0.2) is 0 Å². The molecule has 0 bridgehead atoms. The topological polar surface area (TPSA) is 29.5 Å². The summed E-state index contributed by atoms with van der Waals surface area (Å²) in [7, 11) is 0. The fourth-order valence-electron chi connectivity index (χ4n) is 1.52. The summed E-state index contributed by atoms with van der Waals surface area (Å²) in [6, 6.07) is 0. The third-order valence-corrected chi connectivity index (χ3v) is 2.60. The summed E-state index contributed by atoms with van der Waals surface area (Å²) in [6.07, 6.45) is -5.13. The van der Waals surface area contributed by atoms with Gasteiger partial charge >= 0.3 is 6.18 Å². The largest absolute Gasteiger partial charge is 0.394 e. The van der Waals surface area contributed by atoms with E-state index in [2.05, 4.69) is 0 Å². The van der Waals surface area contributed by atoms with Crippen molar-refractivity contribution in [3.8, 4) is 0 Å². The molecule has 0 spiro atoms. The van der Waals surface area contributed by atoms with Crippen molar-refractivity contribution in [2.45, 2.75) is 38.5 Å². The second kappa shape index (κ2) is 4.06. The van der Waals surface area contributed by atoms with Gasteiger partial charge in [-0.05, 0) is 26.2 Å². The molecule has 1 fully saturated rings. The van der Waals surface area contributed by atoms with Gasteiger partial charge in [-0.3, -0.25) is 0 Å². The molecule has 0 saturated heterocycles. The van der Waals surface area contributed by atoms with Gasteiger partial charge in [0.05, 0.1) is 18.1 Å². The van der Waals surface area contributed by atoms with E-state index in [0.717, 1.165) is 0 Å². The molecule has 0 radical (unpaired) electrons. The fraction of sp³-hybridized carbons (Fsp3) is 1.00. The monoisotopic (exact) mass is 212 g/mol. The van der Waals surface area contributed by atoms with Gasteiger partial charge in [-0.15, -0.1) is 0 Å². The Morgan fingerprint density at radius 2 is 2.00 bits per heavy atom. The Balaban J connectivity index is 2.36. The van der Waals surface area contributed by atoms with Gasteiger partial charge in [-0.1, -0.05) is 0 Å². The van der Waals surface area contributed by atoms with E-state index < -0.39 is 17.7 Å². The molecular formula is C9H15F3O2. The molecular weight excluding hydrogens is 197 g/mol. The van der Waals surface area contributed by atoms with Crippen LogP contribution in [0.25, 0.3) is 0 Å². The van der Waals surface area contributed by atoms with Crippen molar-refractivity contribution < 1.29 is 23.0 Å². The summed E-state index contributed by atoms with van der Waals surface area (Å²) in [5.41, 5.74) is -1.62. The van der Waals surface area contributed by atoms with Crippen LogP contribution in [-0.2, 0) is 4.74 Å². The summed E-state index contributed by atoms with van der Waals surface area (Å²) >= 11 is 0. The van der Waals surface area contributed by atoms with Crippen LogP contribution in [0.5, 0.6) is 0 Å². The van der Waals surface area contributed by atoms with E-state index in [-0.39, 0.29) is 25.9 Å². The second-order valence-corrected chi connectivity index (χ2v) is 3.80. The van der Waals surface area contributed by atoms with E-state index in [1.54, 1.807) is 6.92 Å². The third-order valence-electron chi connectivity index (χ3n) is 2.60. The van der Waals surface area contributed by atoms with Gasteiger partial charge in [0.1, 0.15) is 0 Å². The number of halogens is 3. The van der Waals surface area contributed by atoms with Gasteiger partial charge in [0.15, 0.2) is 0 Å². The summed E-state index contributed by atoms with van der Waals surface area (Å²) in [5.74, 6) is 0. The number of alkyl halides is 3. The van der Waals surface area contributed by atoms with E-state index in [4.69, 9.17) is 4.74 Å². The molecule has 0 aliphatic heterocycles. The third kappa shape index (κ3) is 2.60. The Morgan fingerprint density at radius 3 is 2.36 bits per heavy atom. The highest BCUT2D eigenvalue weighted by atomic mass is 19.4. The lowest BCUT2D eigenvalue weighted by atomic mass is 9.98. The van der Waals surface area contributed by atoms with Crippen molar-refractivity contribution in [3.63, 3.8) is 0 Å². The molecule has 1 saturated carbocycles. The summed E-state index contributed by atoms with van der Waals surface area (Å²) in [6.45, 7) is 2.15. The van der Waals surface area contributed by atoms with Crippen molar-refractivity contribution in [2.24, 2.45) is 5.41 Å². The maximum absolute atomic E-state index is 12.4. The maximum atomic E-state index is 12.4. The van der Waals surface area contributed by atoms with Gasteiger partial charge < -0.3 is 9.84 Å². The quantitative estimate of drug-likeness (QED) is 0.756. The molecule has 1 atom stereocenters. The van der Waals surface area contributed by atoms with Gasteiger partial charge in [0, 0.05) is 6.61 Å². The highest BCUT2D eigenvalue weighted by Crippen LogP contribution is 2.60. The minimum atomic E-state index is -4.18. The Hall–Kier alpha value is -0.290. The van der Waals surface area contributed by atoms with E-state index in [9.17, 15) is 18.3 Å². The molecule has 1 unspecified atom stereocenters. The first-order valence-corrected chi connectivity index (χ1v) is 4.74. The number of aliphatic hydroxyl groups excluding tert-OH is 1. The summed E-state index contributed by atoms with van der Waals surface area (Å²) < 4.78 is 42.1. The number of aliphatic hydroxyl groups is 1. The molecule has 14 heavy (non-hydrogen) atoms. The summed E-state index contributed by atoms with van der Waals surface area (Å²) in [5, 5.41) is 9.29. The molecule has 84 valence electrons. The van der Waals surface area contributed by atoms with Crippen LogP contribution in [0.15, 0.2) is 0 Å². The zero-order valence-electron chi connectivity index (χ0n) is 8.10. The standard InChI is InChI=1S/C9H15F3O2/c1-2-14-6-7(13)5-8(3-4-8)9(10,11)12/h7,13H,2-6H2,1H3. The predicted molar refractivity (Wildman–Crippen MR) is 44.8 cm³/mol. The van der Waals surface area contributed by atoms with Gasteiger partial charge in [0.25, 0.3) is 0 Å². The minimum Gasteiger partial charge on any atom is -0.391 e. The highest BCUT2D eigenvalue weighted by molar-refractivity contribution is 5.00. The zero-order valence-corrected chi connectivity index (χ0v) is 8.10. The smallest absolute Gasteiger partial charge is 0.391 e. The van der Waals surface area contributed by atoms with Crippen LogP contribution in [0.2, 0.25) is 0 Å². The second-order valence-electron chi connectivity index (χ2n) is 3.80. The van der Waals surface area contributed by atoms with Crippen molar-refractivity contribution in [1.29, 1.82) is 0 Å². The Morgan fingerprint density at radius 1 is 1.43 bits per heavy atom. The number of rotatable bonds is 5. The van der Waals surface area contributed by atoms with E-state index >= 15 is 0 Å². The number of ether oxygens (including phenoxy) is 1. The van der Waals surface area contributed by atoms with Crippen LogP contribution < -0.4 is 0 Å². The van der Waals surface area contributed by atoms with Crippen molar-refractivity contribution in [2.75, 3.05) is 13.2 Å². The molecule has 0 aromatic carbocycles. The Kier molecular flexibility index (Phi) is 3.42. The predicted octanol–water partition coefficient (Wildman–Crippen LogP) is 2.12. The summed E-state index contributed by atoms with van der Waals surface area (Å²) in [4.78, 5) is 0. The molecule has 1 aliphatic carbocycles. The Bertz CT molecular complexity index is 187. The zero-order chi connectivity index (χ0) is 10.8. The molecule has 5 heteroatoms. The lowest BCUT2D eigenvalue weighted by Crippen LogP contribution is -2.30. The van der Waals surface area contributed by atoms with E-state index in [1.165, 1.54) is 0 Å². The first-order valence-electron chi connectivity index (χ1n) is 4.74. The fourth-order valence-corrected chi connectivity index (χ4v) is 1.52. The van der Waals surface area contributed by atoms with Crippen LogP contribution in [-0.4, -0.2) is 30.6 Å². The van der Waals surface area contributed by atoms with E-state index in [0.29, 0.717) is 6.61 Å². The average molecular weight is 212 g/mol. The van der Waals surface area contributed by atoms with Crippen LogP contribution in [0, 0.1) is 5.41 Å². The average Bonchev–Trinajstić information content (AvgIpc) is 2.80. The number of hydrogen-bond acceptors (Lipinski definition) is 2.